The second kappa shape index (κ2) is 3.44. The third-order valence-corrected chi connectivity index (χ3v) is 3.73. The number of fused-ring (bicyclic) bond motifs is 2. The molecule has 15 heavy (non-hydrogen) atoms. The van der Waals surface area contributed by atoms with E-state index < -0.39 is 6.10 Å². The molecule has 1 saturated carbocycles. The third-order valence-electron chi connectivity index (χ3n) is 3.73. The lowest BCUT2D eigenvalue weighted by atomic mass is 9.78. The Balaban J connectivity index is 2.06. The summed E-state index contributed by atoms with van der Waals surface area (Å²) in [5.41, 5.74) is -0.331. The number of aliphatic hydroxyl groups excluding tert-OH is 1. The Morgan fingerprint density at radius 2 is 2.00 bits per heavy atom. The molecule has 2 bridgehead atoms. The highest BCUT2D eigenvalue weighted by Gasteiger charge is 2.43. The van der Waals surface area contributed by atoms with Crippen LogP contribution in [0.3, 0.4) is 0 Å². The van der Waals surface area contributed by atoms with Gasteiger partial charge in [-0.25, -0.2) is 0 Å². The first-order chi connectivity index (χ1) is 6.89. The summed E-state index contributed by atoms with van der Waals surface area (Å²) in [4.78, 5) is 12.1. The van der Waals surface area contributed by atoms with Crippen molar-refractivity contribution in [1.82, 2.24) is 0 Å². The maximum atomic E-state index is 12.1. The molecule has 2 aliphatic rings. The second-order valence-electron chi connectivity index (χ2n) is 6.06. The van der Waals surface area contributed by atoms with Gasteiger partial charge in [-0.1, -0.05) is 32.9 Å². The summed E-state index contributed by atoms with van der Waals surface area (Å²) < 4.78 is 0. The molecular formula is C13H20O2. The van der Waals surface area contributed by atoms with Gasteiger partial charge in [0, 0.05) is 5.92 Å². The van der Waals surface area contributed by atoms with Gasteiger partial charge in [0.2, 0.25) is 0 Å². The molecule has 2 nitrogen and oxygen atoms in total. The van der Waals surface area contributed by atoms with E-state index in [2.05, 4.69) is 12.2 Å². The maximum absolute atomic E-state index is 12.1. The summed E-state index contributed by atoms with van der Waals surface area (Å²) in [6, 6.07) is 0. The molecule has 2 heteroatoms. The highest BCUT2D eigenvalue weighted by molar-refractivity contribution is 5.86. The molecule has 0 saturated heterocycles. The molecule has 0 aliphatic heterocycles. The van der Waals surface area contributed by atoms with Crippen LogP contribution in [-0.4, -0.2) is 17.0 Å². The van der Waals surface area contributed by atoms with E-state index in [9.17, 15) is 9.90 Å². The fourth-order valence-corrected chi connectivity index (χ4v) is 2.74. The number of hydrogen-bond donors (Lipinski definition) is 1. The summed E-state index contributed by atoms with van der Waals surface area (Å²) in [6.07, 6.45) is 5.64. The number of carbonyl (C=O) groups is 1. The van der Waals surface area contributed by atoms with E-state index in [-0.39, 0.29) is 17.1 Å². The SMILES string of the molecule is CC(C)(C)[C@H](O)C(=O)[C@H]1C[C@H]2C=C[C@@H]1C2. The Bertz CT molecular complexity index is 298. The van der Waals surface area contributed by atoms with Gasteiger partial charge in [-0.15, -0.1) is 0 Å². The van der Waals surface area contributed by atoms with E-state index in [1.807, 2.05) is 20.8 Å². The van der Waals surface area contributed by atoms with Crippen LogP contribution in [0.25, 0.3) is 0 Å². The van der Waals surface area contributed by atoms with Crippen molar-refractivity contribution >= 4 is 5.78 Å². The normalized spacial score (nSPS) is 35.9. The first-order valence-corrected chi connectivity index (χ1v) is 5.79. The molecule has 2 aliphatic carbocycles. The van der Waals surface area contributed by atoms with Crippen molar-refractivity contribution in [3.8, 4) is 0 Å². The van der Waals surface area contributed by atoms with E-state index in [0.717, 1.165) is 12.8 Å². The largest absolute Gasteiger partial charge is 0.385 e. The highest BCUT2D eigenvalue weighted by atomic mass is 16.3. The van der Waals surface area contributed by atoms with Gasteiger partial charge < -0.3 is 5.11 Å². The molecule has 4 atom stereocenters. The zero-order valence-corrected chi connectivity index (χ0v) is 9.73. The quantitative estimate of drug-likeness (QED) is 0.706. The fourth-order valence-electron chi connectivity index (χ4n) is 2.74. The monoisotopic (exact) mass is 208 g/mol. The van der Waals surface area contributed by atoms with Gasteiger partial charge in [0.15, 0.2) is 5.78 Å². The smallest absolute Gasteiger partial charge is 0.165 e. The minimum Gasteiger partial charge on any atom is -0.385 e. The topological polar surface area (TPSA) is 37.3 Å². The Morgan fingerprint density at radius 1 is 1.33 bits per heavy atom. The van der Waals surface area contributed by atoms with Gasteiger partial charge in [0.05, 0.1) is 0 Å². The number of carbonyl (C=O) groups excluding carboxylic acids is 1. The van der Waals surface area contributed by atoms with Crippen LogP contribution in [0.2, 0.25) is 0 Å². The van der Waals surface area contributed by atoms with Crippen molar-refractivity contribution in [2.24, 2.45) is 23.2 Å². The van der Waals surface area contributed by atoms with Gasteiger partial charge >= 0.3 is 0 Å². The number of ketones is 1. The molecule has 1 N–H and O–H groups in total. The zero-order valence-electron chi connectivity index (χ0n) is 9.73. The lowest BCUT2D eigenvalue weighted by Gasteiger charge is -2.28. The van der Waals surface area contributed by atoms with E-state index >= 15 is 0 Å². The number of aliphatic hydroxyl groups is 1. The van der Waals surface area contributed by atoms with Gasteiger partial charge in [-0.05, 0) is 30.1 Å². The van der Waals surface area contributed by atoms with Crippen molar-refractivity contribution in [3.05, 3.63) is 12.2 Å². The molecule has 0 unspecified atom stereocenters. The van der Waals surface area contributed by atoms with Crippen LogP contribution in [-0.2, 0) is 4.79 Å². The molecule has 0 aromatic heterocycles. The van der Waals surface area contributed by atoms with Crippen LogP contribution in [0.15, 0.2) is 12.2 Å². The maximum Gasteiger partial charge on any atom is 0.165 e. The van der Waals surface area contributed by atoms with E-state index in [1.54, 1.807) is 0 Å². The van der Waals surface area contributed by atoms with E-state index in [1.165, 1.54) is 0 Å². The first-order valence-electron chi connectivity index (χ1n) is 5.79. The highest BCUT2D eigenvalue weighted by Crippen LogP contribution is 2.45. The summed E-state index contributed by atoms with van der Waals surface area (Å²) in [6.45, 7) is 5.75. The van der Waals surface area contributed by atoms with Gasteiger partial charge in [0.1, 0.15) is 6.10 Å². The summed E-state index contributed by atoms with van der Waals surface area (Å²) in [5.74, 6) is 1.13. The van der Waals surface area contributed by atoms with Crippen LogP contribution in [0, 0.1) is 23.2 Å². The summed E-state index contributed by atoms with van der Waals surface area (Å²) in [5, 5.41) is 9.97. The number of allylic oxidation sites excluding steroid dienone is 2. The third kappa shape index (κ3) is 1.87. The molecule has 0 aromatic carbocycles. The van der Waals surface area contributed by atoms with Gasteiger partial charge in [-0.3, -0.25) is 4.79 Å². The molecule has 0 amide bonds. The van der Waals surface area contributed by atoms with Crippen molar-refractivity contribution < 1.29 is 9.90 Å². The summed E-state index contributed by atoms with van der Waals surface area (Å²) in [7, 11) is 0. The molecule has 2 rings (SSSR count). The van der Waals surface area contributed by atoms with Crippen LogP contribution in [0.1, 0.15) is 33.6 Å². The standard InChI is InChI=1S/C13H20O2/c1-13(2,3)12(15)11(14)10-7-8-4-5-9(10)6-8/h4-5,8-10,12,15H,6-7H2,1-3H3/t8-,9+,10-,12+/m0/s1. The average molecular weight is 208 g/mol. The minimum absolute atomic E-state index is 0.0550. The van der Waals surface area contributed by atoms with Crippen molar-refractivity contribution in [3.63, 3.8) is 0 Å². The fraction of sp³-hybridized carbons (Fsp3) is 0.769. The molecule has 0 spiro atoms. The van der Waals surface area contributed by atoms with Crippen molar-refractivity contribution in [1.29, 1.82) is 0 Å². The minimum atomic E-state index is -0.810. The Hall–Kier alpha value is -0.630. The Kier molecular flexibility index (Phi) is 2.50. The lowest BCUT2D eigenvalue weighted by molar-refractivity contribution is -0.137. The van der Waals surface area contributed by atoms with Crippen LogP contribution in [0.4, 0.5) is 0 Å². The Morgan fingerprint density at radius 3 is 2.40 bits per heavy atom. The molecule has 0 radical (unpaired) electrons. The number of Topliss-reactive ketones (excluding diaryl/α,β-unsaturated/α-hetero) is 1. The van der Waals surface area contributed by atoms with Gasteiger partial charge in [0.25, 0.3) is 0 Å². The second-order valence-corrected chi connectivity index (χ2v) is 6.06. The van der Waals surface area contributed by atoms with Crippen LogP contribution < -0.4 is 0 Å². The molecule has 84 valence electrons. The molecule has 0 aromatic rings. The predicted molar refractivity (Wildman–Crippen MR) is 59.3 cm³/mol. The van der Waals surface area contributed by atoms with Crippen LogP contribution >= 0.6 is 0 Å². The predicted octanol–water partition coefficient (Wildman–Crippen LogP) is 2.17. The van der Waals surface area contributed by atoms with Crippen molar-refractivity contribution in [2.75, 3.05) is 0 Å². The lowest BCUT2D eigenvalue weighted by Crippen LogP contribution is -2.39. The number of hydrogen-bond acceptors (Lipinski definition) is 2. The summed E-state index contributed by atoms with van der Waals surface area (Å²) >= 11 is 0. The van der Waals surface area contributed by atoms with E-state index in [0.29, 0.717) is 11.8 Å². The zero-order chi connectivity index (χ0) is 11.2. The van der Waals surface area contributed by atoms with Crippen molar-refractivity contribution in [2.45, 2.75) is 39.7 Å². The average Bonchev–Trinajstić information content (AvgIpc) is 2.74. The number of rotatable bonds is 2. The Labute approximate surface area is 91.4 Å². The van der Waals surface area contributed by atoms with Crippen LogP contribution in [0.5, 0.6) is 0 Å². The first kappa shape index (κ1) is 10.9. The van der Waals surface area contributed by atoms with E-state index in [4.69, 9.17) is 0 Å². The molecule has 1 fully saturated rings. The van der Waals surface area contributed by atoms with Gasteiger partial charge in [-0.2, -0.15) is 0 Å². The molecular weight excluding hydrogens is 188 g/mol. The molecule has 0 heterocycles.